The Bertz CT molecular complexity index is 452. The number of hydrogen-bond acceptors (Lipinski definition) is 5. The number of carboxylic acids is 1. The van der Waals surface area contributed by atoms with Gasteiger partial charge in [-0.2, -0.15) is 0 Å². The molecule has 1 saturated carbocycles. The highest BCUT2D eigenvalue weighted by molar-refractivity contribution is 5.86. The van der Waals surface area contributed by atoms with Crippen LogP contribution < -0.4 is 11.1 Å². The van der Waals surface area contributed by atoms with E-state index in [1.807, 2.05) is 0 Å². The third kappa shape index (κ3) is 2.38. The summed E-state index contributed by atoms with van der Waals surface area (Å²) in [6.45, 7) is 0.587. The van der Waals surface area contributed by atoms with E-state index in [2.05, 4.69) is 10.3 Å². The molecule has 18 heavy (non-hydrogen) atoms. The molecule has 98 valence electrons. The maximum absolute atomic E-state index is 10.8. The number of anilines is 2. The summed E-state index contributed by atoms with van der Waals surface area (Å²) in [5.41, 5.74) is 6.02. The summed E-state index contributed by atoms with van der Waals surface area (Å²) in [5.74, 6) is -0.665. The maximum Gasteiger partial charge on any atom is 0.354 e. The Morgan fingerprint density at radius 2 is 2.33 bits per heavy atom. The zero-order valence-electron chi connectivity index (χ0n) is 10.3. The van der Waals surface area contributed by atoms with Crippen LogP contribution >= 0.6 is 0 Å². The lowest BCUT2D eigenvalue weighted by molar-refractivity contribution is -0.0601. The van der Waals surface area contributed by atoms with Crippen molar-refractivity contribution in [3.8, 4) is 0 Å². The second-order valence-corrected chi connectivity index (χ2v) is 4.53. The molecule has 1 fully saturated rings. The minimum Gasteiger partial charge on any atom is -0.477 e. The van der Waals surface area contributed by atoms with Gasteiger partial charge in [0, 0.05) is 13.7 Å². The fourth-order valence-electron chi connectivity index (χ4n) is 2.00. The SMILES string of the molecule is COC1(CNc2nc(C(=O)O)ccc2N)CCC1. The Morgan fingerprint density at radius 3 is 2.83 bits per heavy atom. The quantitative estimate of drug-likeness (QED) is 0.730. The maximum atomic E-state index is 10.8. The van der Waals surface area contributed by atoms with Crippen LogP contribution in [0.25, 0.3) is 0 Å². The third-order valence-electron chi connectivity index (χ3n) is 3.42. The largest absolute Gasteiger partial charge is 0.477 e. The number of hydrogen-bond donors (Lipinski definition) is 3. The monoisotopic (exact) mass is 251 g/mol. The van der Waals surface area contributed by atoms with E-state index in [1.165, 1.54) is 6.07 Å². The van der Waals surface area contributed by atoms with Gasteiger partial charge in [-0.05, 0) is 31.4 Å². The van der Waals surface area contributed by atoms with Crippen LogP contribution in [-0.2, 0) is 4.74 Å². The van der Waals surface area contributed by atoms with Crippen LogP contribution in [0.3, 0.4) is 0 Å². The van der Waals surface area contributed by atoms with Crippen molar-refractivity contribution in [2.45, 2.75) is 24.9 Å². The standard InChI is InChI=1S/C12H17N3O3/c1-18-12(5-2-6-12)7-14-10-8(13)3-4-9(15-10)11(16)17/h3-4H,2,5-7,13H2,1H3,(H,14,15)(H,16,17). The van der Waals surface area contributed by atoms with Crippen LogP contribution in [0.1, 0.15) is 29.8 Å². The van der Waals surface area contributed by atoms with Gasteiger partial charge in [0.05, 0.1) is 11.3 Å². The molecule has 6 heteroatoms. The molecule has 1 heterocycles. The number of nitrogen functional groups attached to an aromatic ring is 1. The van der Waals surface area contributed by atoms with E-state index in [1.54, 1.807) is 13.2 Å². The summed E-state index contributed by atoms with van der Waals surface area (Å²) in [7, 11) is 1.69. The molecule has 0 radical (unpaired) electrons. The van der Waals surface area contributed by atoms with Crippen LogP contribution in [0.5, 0.6) is 0 Å². The number of methoxy groups -OCH3 is 1. The molecule has 0 bridgehead atoms. The number of carbonyl (C=O) groups is 1. The number of carboxylic acid groups (broad SMARTS) is 1. The van der Waals surface area contributed by atoms with Crippen molar-refractivity contribution in [3.05, 3.63) is 17.8 Å². The molecular formula is C12H17N3O3. The Morgan fingerprint density at radius 1 is 1.61 bits per heavy atom. The molecule has 0 atom stereocenters. The number of nitrogens with one attached hydrogen (secondary N) is 1. The van der Waals surface area contributed by atoms with Gasteiger partial charge in [-0.25, -0.2) is 9.78 Å². The smallest absolute Gasteiger partial charge is 0.354 e. The summed E-state index contributed by atoms with van der Waals surface area (Å²) in [5, 5.41) is 12.0. The van der Waals surface area contributed by atoms with Gasteiger partial charge in [0.15, 0.2) is 5.69 Å². The first-order valence-corrected chi connectivity index (χ1v) is 5.85. The predicted octanol–water partition coefficient (Wildman–Crippen LogP) is 1.34. The average molecular weight is 251 g/mol. The molecule has 0 amide bonds. The molecule has 6 nitrogen and oxygen atoms in total. The number of pyridine rings is 1. The molecule has 0 aromatic carbocycles. The van der Waals surface area contributed by atoms with Crippen LogP contribution in [0.15, 0.2) is 12.1 Å². The van der Waals surface area contributed by atoms with Gasteiger partial charge in [0.25, 0.3) is 0 Å². The summed E-state index contributed by atoms with van der Waals surface area (Å²) in [4.78, 5) is 14.8. The van der Waals surface area contributed by atoms with Gasteiger partial charge in [-0.3, -0.25) is 0 Å². The molecule has 4 N–H and O–H groups in total. The molecule has 0 saturated heterocycles. The zero-order chi connectivity index (χ0) is 13.2. The number of rotatable bonds is 5. The van der Waals surface area contributed by atoms with Crippen molar-refractivity contribution >= 4 is 17.5 Å². The van der Waals surface area contributed by atoms with Crippen LogP contribution in [-0.4, -0.2) is 35.3 Å². The van der Waals surface area contributed by atoms with E-state index in [0.29, 0.717) is 18.1 Å². The van der Waals surface area contributed by atoms with E-state index in [4.69, 9.17) is 15.6 Å². The molecule has 1 aliphatic rings. The molecule has 1 aromatic heterocycles. The summed E-state index contributed by atoms with van der Waals surface area (Å²) < 4.78 is 5.47. The van der Waals surface area contributed by atoms with Crippen molar-refractivity contribution in [2.24, 2.45) is 0 Å². The first-order valence-electron chi connectivity index (χ1n) is 5.85. The lowest BCUT2D eigenvalue weighted by Gasteiger charge is -2.40. The Kier molecular flexibility index (Phi) is 3.38. The van der Waals surface area contributed by atoms with Gasteiger partial charge in [0.1, 0.15) is 5.82 Å². The Balaban J connectivity index is 2.08. The second-order valence-electron chi connectivity index (χ2n) is 4.53. The molecule has 1 aliphatic carbocycles. The lowest BCUT2D eigenvalue weighted by Crippen LogP contribution is -2.45. The lowest BCUT2D eigenvalue weighted by atomic mass is 9.80. The summed E-state index contributed by atoms with van der Waals surface area (Å²) in [6, 6.07) is 2.93. The van der Waals surface area contributed by atoms with Crippen molar-refractivity contribution < 1.29 is 14.6 Å². The number of nitrogens with zero attached hydrogens (tertiary/aromatic N) is 1. The Labute approximate surface area is 105 Å². The predicted molar refractivity (Wildman–Crippen MR) is 67.7 cm³/mol. The van der Waals surface area contributed by atoms with E-state index in [9.17, 15) is 4.79 Å². The van der Waals surface area contributed by atoms with Gasteiger partial charge in [-0.15, -0.1) is 0 Å². The van der Waals surface area contributed by atoms with E-state index in [-0.39, 0.29) is 11.3 Å². The van der Waals surface area contributed by atoms with Gasteiger partial charge in [0.2, 0.25) is 0 Å². The van der Waals surface area contributed by atoms with Crippen LogP contribution in [0.2, 0.25) is 0 Å². The molecule has 1 aromatic rings. The van der Waals surface area contributed by atoms with Gasteiger partial charge < -0.3 is 20.9 Å². The highest BCUT2D eigenvalue weighted by Gasteiger charge is 2.36. The average Bonchev–Trinajstić information content (AvgIpc) is 2.30. The number of ether oxygens (including phenoxy) is 1. The van der Waals surface area contributed by atoms with Crippen molar-refractivity contribution in [1.29, 1.82) is 0 Å². The topological polar surface area (TPSA) is 97.5 Å². The minimum atomic E-state index is -1.07. The zero-order valence-corrected chi connectivity index (χ0v) is 10.3. The van der Waals surface area contributed by atoms with E-state index in [0.717, 1.165) is 19.3 Å². The summed E-state index contributed by atoms with van der Waals surface area (Å²) in [6.07, 6.45) is 3.14. The van der Waals surface area contributed by atoms with Crippen molar-refractivity contribution in [2.75, 3.05) is 24.7 Å². The number of aromatic nitrogens is 1. The molecule has 0 unspecified atom stereocenters. The number of aromatic carboxylic acids is 1. The summed E-state index contributed by atoms with van der Waals surface area (Å²) >= 11 is 0. The highest BCUT2D eigenvalue weighted by atomic mass is 16.5. The first kappa shape index (κ1) is 12.6. The first-order chi connectivity index (χ1) is 8.56. The molecular weight excluding hydrogens is 234 g/mol. The molecule has 0 spiro atoms. The third-order valence-corrected chi connectivity index (χ3v) is 3.42. The van der Waals surface area contributed by atoms with E-state index >= 15 is 0 Å². The fourth-order valence-corrected chi connectivity index (χ4v) is 2.00. The highest BCUT2D eigenvalue weighted by Crippen LogP contribution is 2.35. The van der Waals surface area contributed by atoms with Crippen LogP contribution in [0, 0.1) is 0 Å². The van der Waals surface area contributed by atoms with Gasteiger partial charge >= 0.3 is 5.97 Å². The number of nitrogens with two attached hydrogens (primary N) is 1. The fraction of sp³-hybridized carbons (Fsp3) is 0.500. The van der Waals surface area contributed by atoms with Crippen molar-refractivity contribution in [1.82, 2.24) is 4.98 Å². The normalized spacial score (nSPS) is 16.9. The Hall–Kier alpha value is -1.82. The minimum absolute atomic E-state index is 0.0215. The molecule has 2 rings (SSSR count). The van der Waals surface area contributed by atoms with Crippen molar-refractivity contribution in [3.63, 3.8) is 0 Å². The van der Waals surface area contributed by atoms with Gasteiger partial charge in [-0.1, -0.05) is 0 Å². The van der Waals surface area contributed by atoms with E-state index < -0.39 is 5.97 Å². The molecule has 0 aliphatic heterocycles. The second kappa shape index (κ2) is 4.81. The van der Waals surface area contributed by atoms with Crippen LogP contribution in [0.4, 0.5) is 11.5 Å².